The third-order valence-corrected chi connectivity index (χ3v) is 21.5. The molecule has 384 valence electrons. The van der Waals surface area contributed by atoms with Gasteiger partial charge >= 0.3 is 0 Å². The van der Waals surface area contributed by atoms with Crippen molar-refractivity contribution in [1.29, 1.82) is 0 Å². The van der Waals surface area contributed by atoms with Crippen LogP contribution in [0, 0.1) is 0 Å². The number of para-hydroxylation sites is 7. The summed E-state index contributed by atoms with van der Waals surface area (Å²) in [6.45, 7) is 0. The second-order valence-corrected chi connectivity index (χ2v) is 24.9. The minimum atomic E-state index is -2.95. The molecule has 0 aliphatic heterocycles. The summed E-state index contributed by atoms with van der Waals surface area (Å²) in [5.74, 6) is 1.63. The van der Waals surface area contributed by atoms with Crippen LogP contribution in [0.3, 0.4) is 0 Å². The quantitative estimate of drug-likeness (QED) is 0.101. The Kier molecular flexibility index (Phi) is 11.1. The van der Waals surface area contributed by atoms with Crippen LogP contribution in [0.1, 0.15) is 0 Å². The Morgan fingerprint density at radius 3 is 1.12 bits per heavy atom. The van der Waals surface area contributed by atoms with E-state index < -0.39 is 8.07 Å². The molecule has 6 nitrogen and oxygen atoms in total. The Labute approximate surface area is 474 Å². The Bertz CT molecular complexity index is 4910. The van der Waals surface area contributed by atoms with Crippen molar-refractivity contribution in [1.82, 2.24) is 28.7 Å². The summed E-state index contributed by atoms with van der Waals surface area (Å²) in [6, 6.07) is 110. The maximum Gasteiger partial charge on any atom is 0.240 e. The summed E-state index contributed by atoms with van der Waals surface area (Å²) in [4.78, 5) is 17.0. The van der Waals surface area contributed by atoms with E-state index in [0.717, 1.165) is 77.1 Å². The molecule has 0 aliphatic carbocycles. The molecule has 0 amide bonds. The van der Waals surface area contributed by atoms with Gasteiger partial charge in [0.25, 0.3) is 0 Å². The molecule has 4 aromatic heterocycles. The average Bonchev–Trinajstić information content (AvgIpc) is 4.22. The van der Waals surface area contributed by atoms with E-state index in [4.69, 9.17) is 15.0 Å². The van der Waals surface area contributed by atoms with Gasteiger partial charge in [-0.2, -0.15) is 15.0 Å². The molecule has 4 heterocycles. The number of rotatable bonds is 10. The van der Waals surface area contributed by atoms with E-state index in [2.05, 4.69) is 317 Å². The molecular formula is C75H50N6Si. The van der Waals surface area contributed by atoms with Gasteiger partial charge < -0.3 is 4.57 Å². The van der Waals surface area contributed by atoms with Crippen molar-refractivity contribution in [2.45, 2.75) is 0 Å². The molecule has 0 spiro atoms. The third-order valence-electron chi connectivity index (χ3n) is 16.7. The molecule has 0 aliphatic rings. The van der Waals surface area contributed by atoms with E-state index in [0.29, 0.717) is 17.7 Å². The zero-order chi connectivity index (χ0) is 54.1. The summed E-state index contributed by atoms with van der Waals surface area (Å²) in [7, 11) is -2.95. The Morgan fingerprint density at radius 2 is 0.598 bits per heavy atom. The number of hydrogen-bond donors (Lipinski definition) is 0. The zero-order valence-corrected chi connectivity index (χ0v) is 45.6. The lowest BCUT2D eigenvalue weighted by Gasteiger charge is -2.34. The smallest absolute Gasteiger partial charge is 0.240 e. The van der Waals surface area contributed by atoms with Crippen molar-refractivity contribution in [3.63, 3.8) is 0 Å². The predicted molar refractivity (Wildman–Crippen MR) is 343 cm³/mol. The first-order valence-electron chi connectivity index (χ1n) is 27.9. The van der Waals surface area contributed by atoms with Crippen LogP contribution in [0.15, 0.2) is 303 Å². The van der Waals surface area contributed by atoms with Gasteiger partial charge in [-0.05, 0) is 68.3 Å². The van der Waals surface area contributed by atoms with Gasteiger partial charge in [-0.3, -0.25) is 9.13 Å². The molecule has 0 radical (unpaired) electrons. The van der Waals surface area contributed by atoms with Crippen LogP contribution >= 0.6 is 0 Å². The summed E-state index contributed by atoms with van der Waals surface area (Å²) in [6.07, 6.45) is 0. The van der Waals surface area contributed by atoms with E-state index in [-0.39, 0.29) is 0 Å². The van der Waals surface area contributed by atoms with Crippen molar-refractivity contribution < 1.29 is 0 Å². The molecule has 16 aromatic rings. The molecular weight excluding hydrogens is 1010 g/mol. The van der Waals surface area contributed by atoms with Gasteiger partial charge in [0.15, 0.2) is 13.9 Å². The second-order valence-electron chi connectivity index (χ2n) is 21.0. The molecule has 0 fully saturated rings. The van der Waals surface area contributed by atoms with E-state index in [1.165, 1.54) is 42.6 Å². The molecule has 0 N–H and O–H groups in total. The van der Waals surface area contributed by atoms with Crippen LogP contribution in [0.5, 0.6) is 0 Å². The minimum Gasteiger partial charge on any atom is -0.309 e. The second kappa shape index (κ2) is 19.3. The van der Waals surface area contributed by atoms with Gasteiger partial charge in [-0.1, -0.05) is 267 Å². The summed E-state index contributed by atoms with van der Waals surface area (Å²) >= 11 is 0. The molecule has 0 unspecified atom stereocenters. The highest BCUT2D eigenvalue weighted by atomic mass is 28.3. The summed E-state index contributed by atoms with van der Waals surface area (Å²) in [5, 5.41) is 12.0. The van der Waals surface area contributed by atoms with Crippen LogP contribution in [-0.2, 0) is 0 Å². The monoisotopic (exact) mass is 1060 g/mol. The number of aromatic nitrogens is 6. The highest BCUT2D eigenvalue weighted by Gasteiger charge is 2.41. The molecule has 7 heteroatoms. The van der Waals surface area contributed by atoms with Crippen molar-refractivity contribution in [2.75, 3.05) is 0 Å². The molecule has 0 atom stereocenters. The molecule has 12 aromatic carbocycles. The van der Waals surface area contributed by atoms with Gasteiger partial charge in [0.05, 0.1) is 38.8 Å². The maximum atomic E-state index is 5.72. The average molecular weight is 1060 g/mol. The van der Waals surface area contributed by atoms with Crippen molar-refractivity contribution in [3.05, 3.63) is 303 Å². The summed E-state index contributed by atoms with van der Waals surface area (Å²) < 4.78 is 6.94. The maximum absolute atomic E-state index is 5.72. The topological polar surface area (TPSA) is 53.5 Å². The van der Waals surface area contributed by atoms with E-state index in [1.807, 2.05) is 0 Å². The zero-order valence-electron chi connectivity index (χ0n) is 44.6. The highest BCUT2D eigenvalue weighted by molar-refractivity contribution is 7.19. The summed E-state index contributed by atoms with van der Waals surface area (Å²) in [5.41, 5.74) is 12.8. The standard InChI is InChI=1S/C75H50N6Si/c1-4-27-52(28-5-1)82(53-29-6-2-7-30-53,54-31-8-3-9-32-54)55-33-24-26-51(50-55)73-76-74(80-69-47-21-15-39-61(69)62-40-16-22-48-70(62)80)78-75(77-73)81-71-49-23-17-41-63(71)65-43-25-42-64(72(65)81)57-35-11-10-34-56(57)58-36-12-18-44-66(58)79-67-45-19-13-37-59(67)60-38-14-20-46-68(60)79/h1-50H. The Morgan fingerprint density at radius 1 is 0.244 bits per heavy atom. The molecule has 16 rings (SSSR count). The first-order chi connectivity index (χ1) is 40.7. The van der Waals surface area contributed by atoms with Crippen LogP contribution in [0.2, 0.25) is 0 Å². The third kappa shape index (κ3) is 7.30. The first kappa shape index (κ1) is 47.3. The van der Waals surface area contributed by atoms with Crippen molar-refractivity contribution in [2.24, 2.45) is 0 Å². The van der Waals surface area contributed by atoms with Crippen LogP contribution in [0.4, 0.5) is 0 Å². The number of benzene rings is 12. The van der Waals surface area contributed by atoms with E-state index in [1.54, 1.807) is 0 Å². The first-order valence-corrected chi connectivity index (χ1v) is 29.9. The van der Waals surface area contributed by atoms with Crippen LogP contribution in [-0.4, -0.2) is 36.7 Å². The van der Waals surface area contributed by atoms with Gasteiger partial charge in [0, 0.05) is 49.0 Å². The minimum absolute atomic E-state index is 0.520. The lowest BCUT2D eigenvalue weighted by atomic mass is 9.92. The van der Waals surface area contributed by atoms with E-state index >= 15 is 0 Å². The largest absolute Gasteiger partial charge is 0.309 e. The molecule has 0 bridgehead atoms. The number of fused-ring (bicyclic) bond motifs is 9. The Balaban J connectivity index is 0.972. The highest BCUT2D eigenvalue weighted by Crippen LogP contribution is 2.44. The lowest BCUT2D eigenvalue weighted by Crippen LogP contribution is -2.74. The lowest BCUT2D eigenvalue weighted by molar-refractivity contribution is 0.893. The molecule has 0 saturated heterocycles. The molecule has 0 saturated carbocycles. The fourth-order valence-corrected chi connectivity index (χ4v) is 18.0. The van der Waals surface area contributed by atoms with Crippen LogP contribution in [0.25, 0.3) is 117 Å². The van der Waals surface area contributed by atoms with Gasteiger partial charge in [0.1, 0.15) is 0 Å². The predicted octanol–water partition coefficient (Wildman–Crippen LogP) is 15.5. The van der Waals surface area contributed by atoms with Crippen LogP contribution < -0.4 is 20.7 Å². The number of nitrogens with zero attached hydrogens (tertiary/aromatic N) is 6. The van der Waals surface area contributed by atoms with Gasteiger partial charge in [-0.15, -0.1) is 0 Å². The van der Waals surface area contributed by atoms with Gasteiger partial charge in [0.2, 0.25) is 11.9 Å². The molecule has 82 heavy (non-hydrogen) atoms. The number of hydrogen-bond acceptors (Lipinski definition) is 3. The SMILES string of the molecule is c1ccc([Si](c2ccccc2)(c2ccccc2)c2cccc(-c3nc(-n4c5ccccc5c5ccccc54)nc(-n4c5ccccc5c5cccc(-c6ccccc6-c6ccccc6-n6c7ccccc7c7ccccc76)c54)n3)c2)cc1. The fourth-order valence-electron chi connectivity index (χ4n) is 13.3. The normalized spacial score (nSPS) is 11.9. The van der Waals surface area contributed by atoms with E-state index in [9.17, 15) is 0 Å². The Hall–Kier alpha value is -10.7. The van der Waals surface area contributed by atoms with Gasteiger partial charge in [-0.25, -0.2) is 0 Å². The van der Waals surface area contributed by atoms with Crippen molar-refractivity contribution in [3.8, 4) is 51.2 Å². The fraction of sp³-hybridized carbons (Fsp3) is 0. The van der Waals surface area contributed by atoms with Crippen molar-refractivity contribution >= 4 is 94.2 Å².